The summed E-state index contributed by atoms with van der Waals surface area (Å²) < 4.78 is 29.6. The molecule has 0 N–H and O–H groups in total. The quantitative estimate of drug-likeness (QED) is 0.829. The van der Waals surface area contributed by atoms with Gasteiger partial charge in [0.1, 0.15) is 17.9 Å². The molecule has 0 aliphatic carbocycles. The summed E-state index contributed by atoms with van der Waals surface area (Å²) >= 11 is 0. The van der Waals surface area contributed by atoms with Crippen LogP contribution in [0.4, 0.5) is 0 Å². The van der Waals surface area contributed by atoms with Crippen molar-refractivity contribution in [2.24, 2.45) is 0 Å². The summed E-state index contributed by atoms with van der Waals surface area (Å²) in [6.07, 6.45) is 2.14. The Morgan fingerprint density at radius 1 is 1.45 bits per heavy atom. The maximum atomic E-state index is 12.2. The van der Waals surface area contributed by atoms with Crippen LogP contribution in [0.5, 0.6) is 0 Å². The highest BCUT2D eigenvalue weighted by atomic mass is 32.2. The second-order valence-corrected chi connectivity index (χ2v) is 7.08. The molecule has 1 aliphatic heterocycles. The number of piperidine rings is 1. The predicted octanol–water partition coefficient (Wildman–Crippen LogP) is 1.10. The van der Waals surface area contributed by atoms with Gasteiger partial charge in [-0.05, 0) is 25.0 Å². The van der Waals surface area contributed by atoms with Crippen LogP contribution in [0.3, 0.4) is 0 Å². The van der Waals surface area contributed by atoms with E-state index >= 15 is 0 Å². The minimum Gasteiger partial charge on any atom is -0.468 e. The molecule has 1 aromatic rings. The first kappa shape index (κ1) is 14.6. The van der Waals surface area contributed by atoms with Gasteiger partial charge in [-0.15, -0.1) is 0 Å². The molecule has 6 nitrogen and oxygen atoms in total. The van der Waals surface area contributed by atoms with Gasteiger partial charge in [-0.25, -0.2) is 8.42 Å². The van der Waals surface area contributed by atoms with Gasteiger partial charge in [-0.1, -0.05) is 0 Å². The van der Waals surface area contributed by atoms with Crippen LogP contribution in [-0.4, -0.2) is 37.6 Å². The normalized spacial score (nSPS) is 16.9. The fourth-order valence-electron chi connectivity index (χ4n) is 2.35. The van der Waals surface area contributed by atoms with Crippen LogP contribution in [0.2, 0.25) is 0 Å². The van der Waals surface area contributed by atoms with Gasteiger partial charge in [0.15, 0.2) is 9.84 Å². The smallest absolute Gasteiger partial charge is 0.236 e. The molecule has 0 unspecified atom stereocenters. The van der Waals surface area contributed by atoms with E-state index in [1.54, 1.807) is 17.0 Å². The zero-order valence-electron chi connectivity index (χ0n) is 11.0. The minimum absolute atomic E-state index is 0.100. The summed E-state index contributed by atoms with van der Waals surface area (Å²) in [5, 5.41) is 8.04. The molecule has 0 saturated carbocycles. The molecule has 1 aliphatic rings. The van der Waals surface area contributed by atoms with E-state index in [-0.39, 0.29) is 18.1 Å². The number of carbonyl (C=O) groups is 1. The van der Waals surface area contributed by atoms with Crippen molar-refractivity contribution >= 4 is 15.7 Å². The molecule has 0 radical (unpaired) electrons. The lowest BCUT2D eigenvalue weighted by Crippen LogP contribution is -2.42. The van der Waals surface area contributed by atoms with Crippen LogP contribution in [-0.2, 0) is 20.4 Å². The summed E-state index contributed by atoms with van der Waals surface area (Å²) in [6.45, 7) is 0.783. The first-order valence-corrected chi connectivity index (χ1v) is 8.13. The maximum absolute atomic E-state index is 12.2. The fraction of sp³-hybridized carbons (Fsp3) is 0.538. The lowest BCUT2D eigenvalue weighted by Gasteiger charge is -2.31. The number of carbonyl (C=O) groups excluding carboxylic acids is 1. The summed E-state index contributed by atoms with van der Waals surface area (Å²) in [6, 6.07) is 5.12. The van der Waals surface area contributed by atoms with E-state index in [1.807, 2.05) is 6.07 Å². The lowest BCUT2D eigenvalue weighted by molar-refractivity contribution is -0.130. The third-order valence-corrected chi connectivity index (χ3v) is 5.63. The third kappa shape index (κ3) is 3.39. The van der Waals surface area contributed by atoms with Crippen molar-refractivity contribution in [3.63, 3.8) is 0 Å². The van der Waals surface area contributed by atoms with Gasteiger partial charge < -0.3 is 9.32 Å². The Bertz CT molecular complexity index is 593. The summed E-state index contributed by atoms with van der Waals surface area (Å²) in [5.74, 6) is 0.110. The number of hydrogen-bond acceptors (Lipinski definition) is 5. The van der Waals surface area contributed by atoms with Gasteiger partial charge >= 0.3 is 0 Å². The van der Waals surface area contributed by atoms with Crippen LogP contribution in [0.15, 0.2) is 22.8 Å². The van der Waals surface area contributed by atoms with Gasteiger partial charge in [-0.2, -0.15) is 5.26 Å². The van der Waals surface area contributed by atoms with Gasteiger partial charge in [0.25, 0.3) is 0 Å². The fourth-order valence-corrected chi connectivity index (χ4v) is 4.08. The topological polar surface area (TPSA) is 91.4 Å². The Kier molecular flexibility index (Phi) is 4.45. The van der Waals surface area contributed by atoms with Gasteiger partial charge in [0.05, 0.1) is 17.6 Å². The molecule has 1 aromatic heterocycles. The Balaban J connectivity index is 1.93. The molecular weight excluding hydrogens is 280 g/mol. The molecule has 0 atom stereocenters. The Labute approximate surface area is 117 Å². The van der Waals surface area contributed by atoms with Crippen LogP contribution >= 0.6 is 0 Å². The Morgan fingerprint density at radius 3 is 2.70 bits per heavy atom. The largest absolute Gasteiger partial charge is 0.468 e. The van der Waals surface area contributed by atoms with Gasteiger partial charge in [0.2, 0.25) is 5.91 Å². The van der Waals surface area contributed by atoms with Crippen molar-refractivity contribution in [2.45, 2.75) is 30.3 Å². The van der Waals surface area contributed by atoms with Crippen molar-refractivity contribution in [3.05, 3.63) is 24.2 Å². The average Bonchev–Trinajstić information content (AvgIpc) is 2.91. The second-order valence-electron chi connectivity index (χ2n) is 4.80. The van der Waals surface area contributed by atoms with E-state index in [0.717, 1.165) is 0 Å². The lowest BCUT2D eigenvalue weighted by atomic mass is 10.1. The number of nitrogens with zero attached hydrogens (tertiary/aromatic N) is 2. The highest BCUT2D eigenvalue weighted by molar-refractivity contribution is 7.91. The minimum atomic E-state index is -3.26. The van der Waals surface area contributed by atoms with Crippen LogP contribution < -0.4 is 0 Å². The number of furan rings is 1. The molecule has 0 aromatic carbocycles. The summed E-state index contributed by atoms with van der Waals surface area (Å²) in [4.78, 5) is 13.1. The number of likely N-dealkylation sites (tertiary alicyclic amines) is 1. The van der Waals surface area contributed by atoms with E-state index < -0.39 is 15.1 Å². The van der Waals surface area contributed by atoms with Crippen LogP contribution in [0.25, 0.3) is 0 Å². The van der Waals surface area contributed by atoms with Gasteiger partial charge in [0, 0.05) is 13.1 Å². The van der Waals surface area contributed by atoms with Crippen LogP contribution in [0, 0.1) is 11.3 Å². The van der Waals surface area contributed by atoms with Crippen molar-refractivity contribution in [3.8, 4) is 6.07 Å². The molecule has 0 bridgehead atoms. The molecule has 1 fully saturated rings. The van der Waals surface area contributed by atoms with Crippen molar-refractivity contribution < 1.29 is 17.6 Å². The summed E-state index contributed by atoms with van der Waals surface area (Å²) in [5.41, 5.74) is 0. The molecule has 2 heterocycles. The molecule has 1 saturated heterocycles. The van der Waals surface area contributed by atoms with Crippen molar-refractivity contribution in [1.82, 2.24) is 4.90 Å². The molecule has 108 valence electrons. The molecule has 7 heteroatoms. The third-order valence-electron chi connectivity index (χ3n) is 3.46. The zero-order chi connectivity index (χ0) is 14.6. The standard InChI is InChI=1S/C13H16N2O4S/c14-6-3-13(16)15-7-4-12(5-8-15)20(17,18)10-11-2-1-9-19-11/h1-2,9,12H,3-5,7-8,10H2. The first-order valence-electron chi connectivity index (χ1n) is 6.41. The molecule has 20 heavy (non-hydrogen) atoms. The number of rotatable bonds is 4. The average molecular weight is 296 g/mol. The van der Waals surface area contributed by atoms with E-state index in [2.05, 4.69) is 0 Å². The summed E-state index contributed by atoms with van der Waals surface area (Å²) in [7, 11) is -3.26. The molecule has 0 spiro atoms. The van der Waals surface area contributed by atoms with Crippen molar-refractivity contribution in [1.29, 1.82) is 5.26 Å². The predicted molar refractivity (Wildman–Crippen MR) is 71.2 cm³/mol. The highest BCUT2D eigenvalue weighted by Crippen LogP contribution is 2.22. The van der Waals surface area contributed by atoms with E-state index in [0.29, 0.717) is 31.7 Å². The number of nitriles is 1. The monoisotopic (exact) mass is 296 g/mol. The van der Waals surface area contributed by atoms with Crippen LogP contribution in [0.1, 0.15) is 25.0 Å². The molecule has 2 rings (SSSR count). The van der Waals surface area contributed by atoms with E-state index in [9.17, 15) is 13.2 Å². The van der Waals surface area contributed by atoms with Gasteiger partial charge in [-0.3, -0.25) is 4.79 Å². The maximum Gasteiger partial charge on any atom is 0.236 e. The highest BCUT2D eigenvalue weighted by Gasteiger charge is 2.31. The Hall–Kier alpha value is -1.81. The SMILES string of the molecule is N#CCC(=O)N1CCC(S(=O)(=O)Cc2ccco2)CC1. The molecule has 1 amide bonds. The zero-order valence-corrected chi connectivity index (χ0v) is 11.8. The van der Waals surface area contributed by atoms with E-state index in [4.69, 9.17) is 9.68 Å². The number of hydrogen-bond donors (Lipinski definition) is 0. The first-order chi connectivity index (χ1) is 9.53. The van der Waals surface area contributed by atoms with E-state index in [1.165, 1.54) is 6.26 Å². The molecular formula is C13H16N2O4S. The number of sulfone groups is 1. The number of amides is 1. The second kappa shape index (κ2) is 6.09. The Morgan fingerprint density at radius 2 is 2.15 bits per heavy atom. The van der Waals surface area contributed by atoms with Crippen molar-refractivity contribution in [2.75, 3.05) is 13.1 Å².